The number of amides is 2. The largest absolute Gasteiger partial charge is 0.339 e. The second kappa shape index (κ2) is 14.1. The molecule has 2 atom stereocenters. The molecule has 0 saturated carbocycles. The highest BCUT2D eigenvalue weighted by molar-refractivity contribution is 6.02. The molecule has 10 heteroatoms. The summed E-state index contributed by atoms with van der Waals surface area (Å²) in [4.78, 5) is 40.0. The van der Waals surface area contributed by atoms with Crippen LogP contribution in [0.4, 0.5) is 0 Å². The third-order valence-electron chi connectivity index (χ3n) is 9.91. The van der Waals surface area contributed by atoms with Crippen LogP contribution in [0.3, 0.4) is 0 Å². The van der Waals surface area contributed by atoms with Crippen molar-refractivity contribution < 1.29 is 18.6 Å². The standard InChI is InChI=1S/C40H38N6O4/c47-39(45-21-19-33(25-45)37-41-35(43-49-37)17-11-27-7-3-1-4-8-27)31-15-13-30-24-32(16-14-29(30)23-31)40(48)46-22-20-34(26-46)38-42-36(44-50-38)18-12-28-9-5-2-6-10-28/h1-10,13-16,23-24,33-34H,11-12,17-22,25-26H2/t33-,34-/m1/s1. The normalized spacial score (nSPS) is 17.5. The van der Waals surface area contributed by atoms with Crippen molar-refractivity contribution in [2.75, 3.05) is 26.2 Å². The van der Waals surface area contributed by atoms with Gasteiger partial charge in [-0.05, 0) is 71.8 Å². The molecule has 4 heterocycles. The number of hydrogen-bond acceptors (Lipinski definition) is 8. The molecule has 0 aliphatic carbocycles. The van der Waals surface area contributed by atoms with Crippen LogP contribution in [0.5, 0.6) is 0 Å². The van der Waals surface area contributed by atoms with Crippen LogP contribution in [0.1, 0.15) is 80.0 Å². The lowest BCUT2D eigenvalue weighted by Gasteiger charge is -2.17. The van der Waals surface area contributed by atoms with Crippen molar-refractivity contribution in [2.24, 2.45) is 0 Å². The maximum absolute atomic E-state index is 13.5. The van der Waals surface area contributed by atoms with Gasteiger partial charge in [-0.15, -0.1) is 0 Å². The average molecular weight is 667 g/mol. The van der Waals surface area contributed by atoms with E-state index in [4.69, 9.17) is 9.05 Å². The second-order valence-electron chi connectivity index (χ2n) is 13.3. The van der Waals surface area contributed by atoms with E-state index in [2.05, 4.69) is 44.5 Å². The highest BCUT2D eigenvalue weighted by Gasteiger charge is 2.33. The molecule has 0 spiro atoms. The second-order valence-corrected chi connectivity index (χ2v) is 13.3. The van der Waals surface area contributed by atoms with Gasteiger partial charge < -0.3 is 18.8 Å². The van der Waals surface area contributed by atoms with E-state index in [9.17, 15) is 9.59 Å². The van der Waals surface area contributed by atoms with Gasteiger partial charge in [0.1, 0.15) is 0 Å². The van der Waals surface area contributed by atoms with Crippen molar-refractivity contribution >= 4 is 22.6 Å². The van der Waals surface area contributed by atoms with E-state index < -0.39 is 0 Å². The molecule has 2 saturated heterocycles. The van der Waals surface area contributed by atoms with Crippen LogP contribution < -0.4 is 0 Å². The van der Waals surface area contributed by atoms with Gasteiger partial charge in [0.25, 0.3) is 11.8 Å². The van der Waals surface area contributed by atoms with E-state index in [-0.39, 0.29) is 23.7 Å². The molecule has 0 bridgehead atoms. The number of rotatable bonds is 10. The summed E-state index contributed by atoms with van der Waals surface area (Å²) in [6.07, 6.45) is 4.69. The summed E-state index contributed by atoms with van der Waals surface area (Å²) in [5, 5.41) is 10.2. The van der Waals surface area contributed by atoms with E-state index in [0.717, 1.165) is 36.5 Å². The number of nitrogens with zero attached hydrogens (tertiary/aromatic N) is 6. The predicted octanol–water partition coefficient (Wildman–Crippen LogP) is 6.44. The number of aromatic nitrogens is 4. The van der Waals surface area contributed by atoms with Crippen LogP contribution in [0, 0.1) is 0 Å². The van der Waals surface area contributed by atoms with Gasteiger partial charge in [-0.1, -0.05) is 83.1 Å². The van der Waals surface area contributed by atoms with Crippen LogP contribution in [0.25, 0.3) is 10.8 Å². The molecule has 2 aromatic heterocycles. The molecule has 2 amide bonds. The topological polar surface area (TPSA) is 118 Å². The Morgan fingerprint density at radius 3 is 1.46 bits per heavy atom. The highest BCUT2D eigenvalue weighted by Crippen LogP contribution is 2.30. The molecule has 0 N–H and O–H groups in total. The van der Waals surface area contributed by atoms with Gasteiger partial charge in [-0.25, -0.2) is 0 Å². The number of aryl methyl sites for hydroxylation is 4. The molecule has 8 rings (SSSR count). The van der Waals surface area contributed by atoms with Gasteiger partial charge in [0.15, 0.2) is 11.6 Å². The molecular formula is C40H38N6O4. The Balaban J connectivity index is 0.857. The zero-order chi connectivity index (χ0) is 33.9. The van der Waals surface area contributed by atoms with Crippen molar-refractivity contribution in [1.82, 2.24) is 30.1 Å². The minimum Gasteiger partial charge on any atom is -0.339 e. The summed E-state index contributed by atoms with van der Waals surface area (Å²) < 4.78 is 11.2. The fraction of sp³-hybridized carbons (Fsp3) is 0.300. The summed E-state index contributed by atoms with van der Waals surface area (Å²) in [5.74, 6) is 2.60. The number of fused-ring (bicyclic) bond motifs is 1. The van der Waals surface area contributed by atoms with Crippen molar-refractivity contribution in [3.05, 3.63) is 143 Å². The lowest BCUT2D eigenvalue weighted by molar-refractivity contribution is 0.0781. The lowest BCUT2D eigenvalue weighted by Crippen LogP contribution is -2.28. The molecule has 0 radical (unpaired) electrons. The van der Waals surface area contributed by atoms with E-state index in [1.807, 2.05) is 82.6 Å². The number of benzene rings is 4. The van der Waals surface area contributed by atoms with Crippen LogP contribution in [0.15, 0.2) is 106 Å². The molecule has 2 aliphatic heterocycles. The van der Waals surface area contributed by atoms with Gasteiger partial charge in [0.05, 0.1) is 11.8 Å². The number of hydrogen-bond donors (Lipinski definition) is 0. The smallest absolute Gasteiger partial charge is 0.253 e. The average Bonchev–Trinajstić information content (AvgIpc) is 4.00. The predicted molar refractivity (Wildman–Crippen MR) is 187 cm³/mol. The third kappa shape index (κ3) is 6.92. The van der Waals surface area contributed by atoms with Crippen molar-refractivity contribution in [3.63, 3.8) is 0 Å². The Morgan fingerprint density at radius 2 is 1.02 bits per heavy atom. The minimum atomic E-state index is -0.0225. The summed E-state index contributed by atoms with van der Waals surface area (Å²) in [5.41, 5.74) is 3.72. The van der Waals surface area contributed by atoms with Crippen molar-refractivity contribution in [1.29, 1.82) is 0 Å². The van der Waals surface area contributed by atoms with Crippen molar-refractivity contribution in [2.45, 2.75) is 50.4 Å². The van der Waals surface area contributed by atoms with Gasteiger partial charge in [0.2, 0.25) is 11.8 Å². The first-order valence-electron chi connectivity index (χ1n) is 17.4. The fourth-order valence-electron chi connectivity index (χ4n) is 7.04. The molecule has 6 aromatic rings. The maximum Gasteiger partial charge on any atom is 0.253 e. The minimum absolute atomic E-state index is 0.0225. The molecule has 0 unspecified atom stereocenters. The Bertz CT molecular complexity index is 1960. The first kappa shape index (κ1) is 31.6. The van der Waals surface area contributed by atoms with Gasteiger partial charge in [0, 0.05) is 50.1 Å². The molecule has 2 aliphatic rings. The first-order chi connectivity index (χ1) is 24.6. The van der Waals surface area contributed by atoms with Crippen LogP contribution in [0.2, 0.25) is 0 Å². The number of carbonyl (C=O) groups excluding carboxylic acids is 2. The number of carbonyl (C=O) groups is 2. The number of likely N-dealkylation sites (tertiary alicyclic amines) is 2. The quantitative estimate of drug-likeness (QED) is 0.164. The zero-order valence-corrected chi connectivity index (χ0v) is 27.8. The van der Waals surface area contributed by atoms with E-state index in [1.54, 1.807) is 0 Å². The summed E-state index contributed by atoms with van der Waals surface area (Å²) >= 11 is 0. The zero-order valence-electron chi connectivity index (χ0n) is 27.8. The molecule has 252 valence electrons. The van der Waals surface area contributed by atoms with E-state index >= 15 is 0 Å². The van der Waals surface area contributed by atoms with Crippen LogP contribution in [-0.4, -0.2) is 68.1 Å². The van der Waals surface area contributed by atoms with Crippen LogP contribution in [-0.2, 0) is 25.7 Å². The Labute approximate surface area is 290 Å². The Morgan fingerprint density at radius 1 is 0.580 bits per heavy atom. The van der Waals surface area contributed by atoms with Gasteiger partial charge in [-0.2, -0.15) is 9.97 Å². The van der Waals surface area contributed by atoms with Gasteiger partial charge in [-0.3, -0.25) is 9.59 Å². The Kier molecular flexibility index (Phi) is 8.90. The van der Waals surface area contributed by atoms with E-state index in [1.165, 1.54) is 11.1 Å². The molecule has 10 nitrogen and oxygen atoms in total. The molecule has 4 aromatic carbocycles. The van der Waals surface area contributed by atoms with Gasteiger partial charge >= 0.3 is 0 Å². The summed E-state index contributed by atoms with van der Waals surface area (Å²) in [6.45, 7) is 2.35. The molecule has 2 fully saturated rings. The lowest BCUT2D eigenvalue weighted by atomic mass is 10.0. The summed E-state index contributed by atoms with van der Waals surface area (Å²) in [7, 11) is 0. The molecule has 50 heavy (non-hydrogen) atoms. The fourth-order valence-corrected chi connectivity index (χ4v) is 7.04. The molecular weight excluding hydrogens is 628 g/mol. The van der Waals surface area contributed by atoms with E-state index in [0.29, 0.717) is 73.6 Å². The third-order valence-corrected chi connectivity index (χ3v) is 9.91. The maximum atomic E-state index is 13.5. The first-order valence-corrected chi connectivity index (χ1v) is 17.4. The summed E-state index contributed by atoms with van der Waals surface area (Å²) in [6, 6.07) is 31.9. The van der Waals surface area contributed by atoms with Crippen LogP contribution >= 0.6 is 0 Å². The SMILES string of the molecule is O=C(c1ccc2cc(C(=O)N3CC[C@@H](c4nc(CCc5ccccc5)no4)C3)ccc2c1)N1CC[C@@H](c2nc(CCc3ccccc3)no2)C1. The highest BCUT2D eigenvalue weighted by atomic mass is 16.5. The monoisotopic (exact) mass is 666 g/mol. The Hall–Kier alpha value is -5.64. The van der Waals surface area contributed by atoms with Crippen molar-refractivity contribution in [3.8, 4) is 0 Å².